The van der Waals surface area contributed by atoms with Crippen LogP contribution in [0.2, 0.25) is 5.02 Å². The van der Waals surface area contributed by atoms with Crippen LogP contribution < -0.4 is 0 Å². The van der Waals surface area contributed by atoms with Gasteiger partial charge in [0.2, 0.25) is 0 Å². The second-order valence-electron chi connectivity index (χ2n) is 9.68. The summed E-state index contributed by atoms with van der Waals surface area (Å²) in [6, 6.07) is 26.1. The van der Waals surface area contributed by atoms with Crippen LogP contribution in [0.1, 0.15) is 76.7 Å². The molecule has 3 aromatic carbocycles. The van der Waals surface area contributed by atoms with Crippen LogP contribution in [0.4, 0.5) is 0 Å². The SMILES string of the molecule is CCCCCC1CCCCC1C(C)c1ccc(-c2ccc(-c3ccccc3)cc2)c(Cl)c1. The summed E-state index contributed by atoms with van der Waals surface area (Å²) < 4.78 is 0. The summed E-state index contributed by atoms with van der Waals surface area (Å²) in [5, 5.41) is 0.875. The third-order valence-electron chi connectivity index (χ3n) is 7.61. The minimum Gasteiger partial charge on any atom is -0.0837 e. The highest BCUT2D eigenvalue weighted by atomic mass is 35.5. The van der Waals surface area contributed by atoms with Crippen LogP contribution in [0.15, 0.2) is 72.8 Å². The summed E-state index contributed by atoms with van der Waals surface area (Å²) in [4.78, 5) is 0. The number of rotatable bonds is 8. The quantitative estimate of drug-likeness (QED) is 0.303. The van der Waals surface area contributed by atoms with Gasteiger partial charge in [-0.2, -0.15) is 0 Å². The van der Waals surface area contributed by atoms with E-state index in [2.05, 4.69) is 86.6 Å². The minimum atomic E-state index is 0.578. The van der Waals surface area contributed by atoms with Crippen LogP contribution in [0.3, 0.4) is 0 Å². The van der Waals surface area contributed by atoms with E-state index in [1.807, 2.05) is 0 Å². The van der Waals surface area contributed by atoms with Crippen molar-refractivity contribution in [2.75, 3.05) is 0 Å². The van der Waals surface area contributed by atoms with Gasteiger partial charge in [0.05, 0.1) is 0 Å². The summed E-state index contributed by atoms with van der Waals surface area (Å²) in [5.41, 5.74) is 6.21. The van der Waals surface area contributed by atoms with Gasteiger partial charge in [-0.05, 0) is 52.5 Å². The van der Waals surface area contributed by atoms with Crippen LogP contribution in [-0.4, -0.2) is 0 Å². The van der Waals surface area contributed by atoms with Gasteiger partial charge in [0, 0.05) is 10.6 Å². The maximum Gasteiger partial charge on any atom is 0.0487 e. The maximum atomic E-state index is 6.84. The van der Waals surface area contributed by atoms with Gasteiger partial charge in [0.1, 0.15) is 0 Å². The normalized spacial score (nSPS) is 19.6. The lowest BCUT2D eigenvalue weighted by Gasteiger charge is -2.36. The number of hydrogen-bond donors (Lipinski definition) is 0. The van der Waals surface area contributed by atoms with Crippen molar-refractivity contribution in [1.29, 1.82) is 0 Å². The molecule has 0 amide bonds. The Morgan fingerprint density at radius 1 is 0.812 bits per heavy atom. The lowest BCUT2D eigenvalue weighted by atomic mass is 9.69. The summed E-state index contributed by atoms with van der Waals surface area (Å²) in [6.07, 6.45) is 11.1. The van der Waals surface area contributed by atoms with Crippen molar-refractivity contribution in [2.24, 2.45) is 11.8 Å². The van der Waals surface area contributed by atoms with Crippen molar-refractivity contribution < 1.29 is 0 Å². The molecular weight excluding hydrogens is 408 g/mol. The zero-order chi connectivity index (χ0) is 22.3. The van der Waals surface area contributed by atoms with Crippen LogP contribution in [0.25, 0.3) is 22.3 Å². The van der Waals surface area contributed by atoms with Crippen molar-refractivity contribution in [1.82, 2.24) is 0 Å². The largest absolute Gasteiger partial charge is 0.0837 e. The van der Waals surface area contributed by atoms with Crippen molar-refractivity contribution in [2.45, 2.75) is 71.1 Å². The number of unbranched alkanes of at least 4 members (excludes halogenated alkanes) is 2. The van der Waals surface area contributed by atoms with Gasteiger partial charge >= 0.3 is 0 Å². The molecule has 0 spiro atoms. The summed E-state index contributed by atoms with van der Waals surface area (Å²) >= 11 is 6.84. The van der Waals surface area contributed by atoms with Crippen molar-refractivity contribution in [3.63, 3.8) is 0 Å². The van der Waals surface area contributed by atoms with E-state index >= 15 is 0 Å². The molecule has 168 valence electrons. The molecule has 3 aromatic rings. The molecule has 3 unspecified atom stereocenters. The minimum absolute atomic E-state index is 0.578. The smallest absolute Gasteiger partial charge is 0.0487 e. The Kier molecular flexibility index (Phi) is 8.09. The second-order valence-corrected chi connectivity index (χ2v) is 10.1. The second kappa shape index (κ2) is 11.2. The average Bonchev–Trinajstić information content (AvgIpc) is 2.85. The van der Waals surface area contributed by atoms with Crippen molar-refractivity contribution in [3.05, 3.63) is 83.4 Å². The van der Waals surface area contributed by atoms with Crippen LogP contribution in [0.5, 0.6) is 0 Å². The Morgan fingerprint density at radius 2 is 1.50 bits per heavy atom. The van der Waals surface area contributed by atoms with Gasteiger partial charge < -0.3 is 0 Å². The Labute approximate surface area is 200 Å². The molecule has 1 aliphatic rings. The van der Waals surface area contributed by atoms with E-state index in [1.54, 1.807) is 0 Å². The first-order valence-corrected chi connectivity index (χ1v) is 13.0. The fourth-order valence-corrected chi connectivity index (χ4v) is 5.98. The summed E-state index contributed by atoms with van der Waals surface area (Å²) in [6.45, 7) is 4.74. The molecule has 3 atom stereocenters. The zero-order valence-corrected chi connectivity index (χ0v) is 20.5. The Bertz CT molecular complexity index is 973. The zero-order valence-electron chi connectivity index (χ0n) is 19.7. The predicted octanol–water partition coefficient (Wildman–Crippen LogP) is 10.2. The molecule has 1 fully saturated rings. The van der Waals surface area contributed by atoms with Gasteiger partial charge in [-0.15, -0.1) is 0 Å². The molecule has 0 saturated heterocycles. The van der Waals surface area contributed by atoms with E-state index in [0.29, 0.717) is 5.92 Å². The molecule has 0 heterocycles. The van der Waals surface area contributed by atoms with E-state index in [-0.39, 0.29) is 0 Å². The van der Waals surface area contributed by atoms with Gasteiger partial charge in [-0.25, -0.2) is 0 Å². The molecule has 4 rings (SSSR count). The van der Waals surface area contributed by atoms with Gasteiger partial charge in [0.25, 0.3) is 0 Å². The molecule has 1 heteroatoms. The molecular formula is C31H37Cl. The molecule has 0 N–H and O–H groups in total. The van der Waals surface area contributed by atoms with Crippen molar-refractivity contribution >= 4 is 11.6 Å². The molecule has 32 heavy (non-hydrogen) atoms. The van der Waals surface area contributed by atoms with Crippen LogP contribution >= 0.6 is 11.6 Å². The highest BCUT2D eigenvalue weighted by Gasteiger charge is 2.30. The topological polar surface area (TPSA) is 0 Å². The average molecular weight is 445 g/mol. The van der Waals surface area contributed by atoms with E-state index in [0.717, 1.165) is 22.4 Å². The molecule has 0 aliphatic heterocycles. The van der Waals surface area contributed by atoms with Crippen LogP contribution in [-0.2, 0) is 0 Å². The predicted molar refractivity (Wildman–Crippen MR) is 140 cm³/mol. The molecule has 0 bridgehead atoms. The molecule has 0 radical (unpaired) electrons. The Balaban J connectivity index is 1.50. The van der Waals surface area contributed by atoms with Gasteiger partial charge in [-0.1, -0.05) is 137 Å². The fourth-order valence-electron chi connectivity index (χ4n) is 5.68. The Morgan fingerprint density at radius 3 is 2.22 bits per heavy atom. The van der Waals surface area contributed by atoms with E-state index < -0.39 is 0 Å². The highest BCUT2D eigenvalue weighted by molar-refractivity contribution is 6.33. The monoisotopic (exact) mass is 444 g/mol. The van der Waals surface area contributed by atoms with Gasteiger partial charge in [-0.3, -0.25) is 0 Å². The van der Waals surface area contributed by atoms with E-state index in [9.17, 15) is 0 Å². The first kappa shape index (κ1) is 23.1. The number of halogens is 1. The molecule has 0 nitrogen and oxygen atoms in total. The van der Waals surface area contributed by atoms with Crippen LogP contribution in [0, 0.1) is 11.8 Å². The van der Waals surface area contributed by atoms with Gasteiger partial charge in [0.15, 0.2) is 0 Å². The number of benzene rings is 3. The van der Waals surface area contributed by atoms with E-state index in [4.69, 9.17) is 11.6 Å². The third-order valence-corrected chi connectivity index (χ3v) is 7.92. The molecule has 1 saturated carbocycles. The fraction of sp³-hybridized carbons (Fsp3) is 0.419. The Hall–Kier alpha value is -2.05. The molecule has 1 aliphatic carbocycles. The third kappa shape index (κ3) is 5.46. The summed E-state index contributed by atoms with van der Waals surface area (Å²) in [5.74, 6) is 2.26. The first-order valence-electron chi connectivity index (χ1n) is 12.6. The summed E-state index contributed by atoms with van der Waals surface area (Å²) in [7, 11) is 0. The van der Waals surface area contributed by atoms with E-state index in [1.165, 1.54) is 73.6 Å². The lowest BCUT2D eigenvalue weighted by molar-refractivity contribution is 0.192. The lowest BCUT2D eigenvalue weighted by Crippen LogP contribution is -2.24. The van der Waals surface area contributed by atoms with Crippen molar-refractivity contribution in [3.8, 4) is 22.3 Å². The highest BCUT2D eigenvalue weighted by Crippen LogP contribution is 2.43. The first-order chi connectivity index (χ1) is 15.7. The maximum absolute atomic E-state index is 6.84. The number of hydrogen-bond acceptors (Lipinski definition) is 0. The standard InChI is InChI=1S/C31H37Cl/c1-3-4-6-13-26-14-9-10-15-29(26)23(2)28-20-21-30(31(32)22-28)27-18-16-25(17-19-27)24-11-7-5-8-12-24/h5,7-8,11-12,16-23,26,29H,3-4,6,9-10,13-15H2,1-2H3. The molecule has 0 aromatic heterocycles.